The van der Waals surface area contributed by atoms with Crippen LogP contribution in [0.5, 0.6) is 0 Å². The van der Waals surface area contributed by atoms with Crippen LogP contribution in [0, 0.1) is 0 Å². The second-order valence-electron chi connectivity index (χ2n) is 4.17. The molecule has 0 spiro atoms. The molecule has 2 rings (SSSR count). The second kappa shape index (κ2) is 4.13. The number of nitrogens with zero attached hydrogens (tertiary/aromatic N) is 2. The fourth-order valence-electron chi connectivity index (χ4n) is 2.26. The third-order valence-corrected chi connectivity index (χ3v) is 3.04. The molecular weight excluding hydrogens is 176 g/mol. The van der Waals surface area contributed by atoms with Crippen molar-refractivity contribution in [1.82, 2.24) is 10.0 Å². The minimum Gasteiger partial charge on any atom is -0.310 e. The van der Waals surface area contributed by atoms with Crippen LogP contribution < -0.4 is 0 Å². The van der Waals surface area contributed by atoms with Gasteiger partial charge >= 0.3 is 0 Å². The number of hydrazine groups is 1. The van der Waals surface area contributed by atoms with Gasteiger partial charge in [-0.3, -0.25) is 4.79 Å². The average Bonchev–Trinajstić information content (AvgIpc) is 2.19. The van der Waals surface area contributed by atoms with Crippen LogP contribution in [0.15, 0.2) is 12.3 Å². The van der Waals surface area contributed by atoms with Gasteiger partial charge in [0.25, 0.3) is 0 Å². The van der Waals surface area contributed by atoms with E-state index in [1.54, 1.807) is 0 Å². The van der Waals surface area contributed by atoms with Gasteiger partial charge in [0, 0.05) is 38.2 Å². The molecule has 0 saturated carbocycles. The van der Waals surface area contributed by atoms with E-state index in [2.05, 4.69) is 16.6 Å². The summed E-state index contributed by atoms with van der Waals surface area (Å²) in [5, 5.41) is 4.58. The highest BCUT2D eigenvalue weighted by Crippen LogP contribution is 2.21. The first-order valence-corrected chi connectivity index (χ1v) is 5.49. The van der Waals surface area contributed by atoms with Crippen LogP contribution >= 0.6 is 0 Å². The summed E-state index contributed by atoms with van der Waals surface area (Å²) in [5.41, 5.74) is 0.989. The third-order valence-electron chi connectivity index (χ3n) is 3.04. The predicted octanol–water partition coefficient (Wildman–Crippen LogP) is 1.57. The SMILES string of the molecule is C=C1CC(=O)CCN1N1CCCCC1. The van der Waals surface area contributed by atoms with Gasteiger partial charge in [0.1, 0.15) is 5.78 Å². The van der Waals surface area contributed by atoms with Crippen LogP contribution in [0.3, 0.4) is 0 Å². The molecule has 78 valence electrons. The lowest BCUT2D eigenvalue weighted by Gasteiger charge is -2.41. The molecule has 0 amide bonds. The molecular formula is C11H18N2O. The van der Waals surface area contributed by atoms with Crippen molar-refractivity contribution in [2.75, 3.05) is 19.6 Å². The molecule has 0 aromatic rings. The van der Waals surface area contributed by atoms with Crippen molar-refractivity contribution in [1.29, 1.82) is 0 Å². The number of carbonyl (C=O) groups excluding carboxylic acids is 1. The Kier molecular flexibility index (Phi) is 2.87. The smallest absolute Gasteiger partial charge is 0.140 e. The zero-order valence-corrected chi connectivity index (χ0v) is 8.67. The Labute approximate surface area is 85.3 Å². The highest BCUT2D eigenvalue weighted by molar-refractivity contribution is 5.81. The molecule has 2 aliphatic rings. The maximum Gasteiger partial charge on any atom is 0.140 e. The molecule has 0 N–H and O–H groups in total. The molecule has 2 fully saturated rings. The molecule has 3 nitrogen and oxygen atoms in total. The zero-order valence-electron chi connectivity index (χ0n) is 8.67. The third kappa shape index (κ3) is 1.98. The molecule has 0 aliphatic carbocycles. The van der Waals surface area contributed by atoms with Gasteiger partial charge in [0.05, 0.1) is 0 Å². The van der Waals surface area contributed by atoms with Gasteiger partial charge < -0.3 is 5.01 Å². The Morgan fingerprint density at radius 2 is 1.79 bits per heavy atom. The molecule has 3 heteroatoms. The maximum absolute atomic E-state index is 11.2. The number of hydrogen-bond donors (Lipinski definition) is 0. The molecule has 14 heavy (non-hydrogen) atoms. The van der Waals surface area contributed by atoms with Gasteiger partial charge in [-0.2, -0.15) is 0 Å². The first-order chi connectivity index (χ1) is 6.77. The number of hydrogen-bond acceptors (Lipinski definition) is 3. The highest BCUT2D eigenvalue weighted by atomic mass is 16.1. The Balaban J connectivity index is 1.95. The summed E-state index contributed by atoms with van der Waals surface area (Å²) in [6.07, 6.45) is 5.14. The summed E-state index contributed by atoms with van der Waals surface area (Å²) in [4.78, 5) is 11.2. The van der Waals surface area contributed by atoms with E-state index in [0.29, 0.717) is 18.6 Å². The fourth-order valence-corrected chi connectivity index (χ4v) is 2.26. The van der Waals surface area contributed by atoms with Gasteiger partial charge in [-0.1, -0.05) is 13.0 Å². The van der Waals surface area contributed by atoms with Gasteiger partial charge in [-0.15, -0.1) is 0 Å². The van der Waals surface area contributed by atoms with E-state index >= 15 is 0 Å². The Bertz CT molecular complexity index is 244. The number of ketones is 1. The summed E-state index contributed by atoms with van der Waals surface area (Å²) in [6, 6.07) is 0. The number of rotatable bonds is 1. The lowest BCUT2D eigenvalue weighted by atomic mass is 10.1. The molecule has 0 aromatic carbocycles. The second-order valence-corrected chi connectivity index (χ2v) is 4.17. The summed E-state index contributed by atoms with van der Waals surface area (Å²) in [6.45, 7) is 7.09. The van der Waals surface area contributed by atoms with Crippen LogP contribution in [0.2, 0.25) is 0 Å². The van der Waals surface area contributed by atoms with E-state index in [9.17, 15) is 4.79 Å². The van der Waals surface area contributed by atoms with Crippen molar-refractivity contribution in [2.45, 2.75) is 32.1 Å². The van der Waals surface area contributed by atoms with Crippen molar-refractivity contribution in [2.24, 2.45) is 0 Å². The number of carbonyl (C=O) groups is 1. The van der Waals surface area contributed by atoms with Crippen LogP contribution in [-0.4, -0.2) is 35.4 Å². The van der Waals surface area contributed by atoms with E-state index < -0.39 is 0 Å². The lowest BCUT2D eigenvalue weighted by molar-refractivity contribution is -0.123. The summed E-state index contributed by atoms with van der Waals surface area (Å²) in [5.74, 6) is 0.336. The van der Waals surface area contributed by atoms with Crippen molar-refractivity contribution in [3.05, 3.63) is 12.3 Å². The standard InChI is InChI=1S/C11H18N2O/c1-10-9-11(14)5-8-13(10)12-6-3-2-4-7-12/h1-9H2. The van der Waals surface area contributed by atoms with Crippen molar-refractivity contribution in [3.63, 3.8) is 0 Å². The average molecular weight is 194 g/mol. The first kappa shape index (κ1) is 9.71. The van der Waals surface area contributed by atoms with Gasteiger partial charge in [0.2, 0.25) is 0 Å². The van der Waals surface area contributed by atoms with Crippen molar-refractivity contribution >= 4 is 5.78 Å². The Morgan fingerprint density at radius 1 is 1.07 bits per heavy atom. The van der Waals surface area contributed by atoms with Crippen molar-refractivity contribution in [3.8, 4) is 0 Å². The summed E-state index contributed by atoms with van der Waals surface area (Å²) >= 11 is 0. The summed E-state index contributed by atoms with van der Waals surface area (Å²) < 4.78 is 0. The van der Waals surface area contributed by atoms with E-state index in [0.717, 1.165) is 25.3 Å². The molecule has 0 atom stereocenters. The van der Waals surface area contributed by atoms with E-state index in [4.69, 9.17) is 0 Å². The summed E-state index contributed by atoms with van der Waals surface area (Å²) in [7, 11) is 0. The predicted molar refractivity (Wildman–Crippen MR) is 55.5 cm³/mol. The monoisotopic (exact) mass is 194 g/mol. The largest absolute Gasteiger partial charge is 0.310 e. The topological polar surface area (TPSA) is 23.6 Å². The maximum atomic E-state index is 11.2. The number of allylic oxidation sites excluding steroid dienone is 1. The zero-order chi connectivity index (χ0) is 9.97. The Hall–Kier alpha value is -0.830. The van der Waals surface area contributed by atoms with Gasteiger partial charge in [0.15, 0.2) is 0 Å². The lowest BCUT2D eigenvalue weighted by Crippen LogP contribution is -2.47. The first-order valence-electron chi connectivity index (χ1n) is 5.49. The van der Waals surface area contributed by atoms with E-state index in [-0.39, 0.29) is 0 Å². The molecule has 0 radical (unpaired) electrons. The molecule has 0 bridgehead atoms. The minimum atomic E-state index is 0.336. The van der Waals surface area contributed by atoms with Gasteiger partial charge in [-0.25, -0.2) is 5.01 Å². The fraction of sp³-hybridized carbons (Fsp3) is 0.727. The minimum absolute atomic E-state index is 0.336. The molecule has 0 aromatic heterocycles. The number of Topliss-reactive ketones (excluding diaryl/α,β-unsaturated/α-hetero) is 1. The van der Waals surface area contributed by atoms with Crippen LogP contribution in [0.1, 0.15) is 32.1 Å². The van der Waals surface area contributed by atoms with E-state index in [1.807, 2.05) is 0 Å². The molecule has 2 heterocycles. The Morgan fingerprint density at radius 3 is 2.43 bits per heavy atom. The van der Waals surface area contributed by atoms with E-state index in [1.165, 1.54) is 19.3 Å². The van der Waals surface area contributed by atoms with Crippen molar-refractivity contribution < 1.29 is 4.79 Å². The molecule has 0 unspecified atom stereocenters. The van der Waals surface area contributed by atoms with Gasteiger partial charge in [-0.05, 0) is 12.8 Å². The molecule has 2 saturated heterocycles. The van der Waals surface area contributed by atoms with Crippen LogP contribution in [-0.2, 0) is 4.79 Å². The van der Waals surface area contributed by atoms with Crippen LogP contribution in [0.4, 0.5) is 0 Å². The van der Waals surface area contributed by atoms with Crippen LogP contribution in [0.25, 0.3) is 0 Å². The normalized spacial score (nSPS) is 25.6. The quantitative estimate of drug-likeness (QED) is 0.633. The molecule has 2 aliphatic heterocycles. The highest BCUT2D eigenvalue weighted by Gasteiger charge is 2.24. The number of piperidine rings is 2.